The van der Waals surface area contributed by atoms with Gasteiger partial charge in [-0.25, -0.2) is 8.78 Å². The van der Waals surface area contributed by atoms with Crippen molar-refractivity contribution in [2.75, 3.05) is 7.11 Å². The minimum atomic E-state index is -0.615. The summed E-state index contributed by atoms with van der Waals surface area (Å²) < 4.78 is 32.1. The topological polar surface area (TPSA) is 35.2 Å². The highest BCUT2D eigenvalue weighted by molar-refractivity contribution is 5.85. The number of rotatable bonds is 3. The van der Waals surface area contributed by atoms with Crippen LogP contribution in [0.5, 0.6) is 5.75 Å². The van der Waals surface area contributed by atoms with Crippen LogP contribution in [0.15, 0.2) is 12.1 Å². The summed E-state index contributed by atoms with van der Waals surface area (Å²) >= 11 is 0. The van der Waals surface area contributed by atoms with E-state index in [-0.39, 0.29) is 29.6 Å². The fraction of sp³-hybridized carbons (Fsp3) is 0.500. The van der Waals surface area contributed by atoms with Crippen LogP contribution in [0.2, 0.25) is 0 Å². The first-order chi connectivity index (χ1) is 7.63. The van der Waals surface area contributed by atoms with Crippen LogP contribution < -0.4 is 10.5 Å². The van der Waals surface area contributed by atoms with E-state index < -0.39 is 17.7 Å². The minimum absolute atomic E-state index is 0. The molecule has 2 N–H and O–H groups in total. The third-order valence-corrected chi connectivity index (χ3v) is 3.28. The maximum Gasteiger partial charge on any atom is 0.134 e. The Morgan fingerprint density at radius 2 is 1.82 bits per heavy atom. The highest BCUT2D eigenvalue weighted by atomic mass is 35.5. The van der Waals surface area contributed by atoms with Crippen molar-refractivity contribution in [3.63, 3.8) is 0 Å². The molecule has 0 unspecified atom stereocenters. The van der Waals surface area contributed by atoms with Gasteiger partial charge in [0.05, 0.1) is 7.11 Å². The van der Waals surface area contributed by atoms with E-state index in [1.807, 2.05) is 0 Å². The lowest BCUT2D eigenvalue weighted by molar-refractivity contribution is 0.255. The fourth-order valence-corrected chi connectivity index (χ4v) is 2.03. The molecule has 2 rings (SSSR count). The molecule has 1 fully saturated rings. The zero-order valence-electron chi connectivity index (χ0n) is 9.58. The number of hydrogen-bond acceptors (Lipinski definition) is 2. The molecule has 0 heterocycles. The van der Waals surface area contributed by atoms with E-state index in [1.165, 1.54) is 19.2 Å². The second-order valence-corrected chi connectivity index (χ2v) is 4.22. The van der Waals surface area contributed by atoms with Crippen LogP contribution in [0.25, 0.3) is 0 Å². The minimum Gasteiger partial charge on any atom is -0.497 e. The van der Waals surface area contributed by atoms with Crippen molar-refractivity contribution in [2.45, 2.75) is 25.3 Å². The normalized spacial score (nSPS) is 16.9. The molecular formula is C12H16ClF2NO. The molecule has 0 saturated heterocycles. The standard InChI is InChI=1S/C12H15F2NO.ClH/c1-16-8-5-9(13)11(10(14)6-8)12(15)7-3-2-4-7;/h5-7,12H,2-4,15H2,1H3;1H/t12-;/m1./s1. The molecule has 1 saturated carbocycles. The Balaban J connectivity index is 0.00000144. The van der Waals surface area contributed by atoms with Gasteiger partial charge in [-0.05, 0) is 18.8 Å². The van der Waals surface area contributed by atoms with Crippen LogP contribution in [0.1, 0.15) is 30.9 Å². The van der Waals surface area contributed by atoms with Gasteiger partial charge in [-0.3, -0.25) is 0 Å². The molecule has 1 atom stereocenters. The summed E-state index contributed by atoms with van der Waals surface area (Å²) in [6.07, 6.45) is 3.00. The number of ether oxygens (including phenoxy) is 1. The molecular weight excluding hydrogens is 248 g/mol. The molecule has 5 heteroatoms. The molecule has 0 aromatic heterocycles. The predicted molar refractivity (Wildman–Crippen MR) is 64.4 cm³/mol. The van der Waals surface area contributed by atoms with E-state index in [2.05, 4.69) is 0 Å². The van der Waals surface area contributed by atoms with E-state index in [9.17, 15) is 8.78 Å². The zero-order chi connectivity index (χ0) is 11.7. The first kappa shape index (κ1) is 14.2. The number of hydrogen-bond donors (Lipinski definition) is 1. The molecule has 0 amide bonds. The average Bonchev–Trinajstić information content (AvgIpc) is 2.13. The Labute approximate surface area is 106 Å². The molecule has 2 nitrogen and oxygen atoms in total. The van der Waals surface area contributed by atoms with Gasteiger partial charge in [-0.2, -0.15) is 0 Å². The van der Waals surface area contributed by atoms with Crippen molar-refractivity contribution in [1.82, 2.24) is 0 Å². The summed E-state index contributed by atoms with van der Waals surface area (Å²) in [5.74, 6) is -0.843. The Morgan fingerprint density at radius 3 is 2.18 bits per heavy atom. The van der Waals surface area contributed by atoms with Crippen molar-refractivity contribution in [2.24, 2.45) is 11.7 Å². The molecule has 1 aromatic rings. The van der Waals surface area contributed by atoms with Gasteiger partial charge < -0.3 is 10.5 Å². The van der Waals surface area contributed by atoms with Crippen LogP contribution >= 0.6 is 12.4 Å². The maximum absolute atomic E-state index is 13.7. The van der Waals surface area contributed by atoms with Gasteiger partial charge in [0.25, 0.3) is 0 Å². The molecule has 1 aromatic carbocycles. The molecule has 96 valence electrons. The van der Waals surface area contributed by atoms with Crippen molar-refractivity contribution >= 4 is 12.4 Å². The maximum atomic E-state index is 13.7. The van der Waals surface area contributed by atoms with E-state index in [4.69, 9.17) is 10.5 Å². The zero-order valence-corrected chi connectivity index (χ0v) is 10.4. The Bertz CT molecular complexity index is 373. The molecule has 17 heavy (non-hydrogen) atoms. The average molecular weight is 264 g/mol. The van der Waals surface area contributed by atoms with E-state index in [0.717, 1.165) is 19.3 Å². The molecule has 1 aliphatic rings. The molecule has 0 radical (unpaired) electrons. The number of benzene rings is 1. The van der Waals surface area contributed by atoms with Crippen LogP contribution in [0.4, 0.5) is 8.78 Å². The van der Waals surface area contributed by atoms with Crippen molar-refractivity contribution in [1.29, 1.82) is 0 Å². The van der Waals surface area contributed by atoms with Gasteiger partial charge in [-0.1, -0.05) is 6.42 Å². The SMILES string of the molecule is COc1cc(F)c([C@H](N)C2CCC2)c(F)c1.Cl. The van der Waals surface area contributed by atoms with Gasteiger partial charge >= 0.3 is 0 Å². The Kier molecular flexibility index (Phi) is 4.71. The molecule has 1 aliphatic carbocycles. The van der Waals surface area contributed by atoms with Crippen molar-refractivity contribution < 1.29 is 13.5 Å². The van der Waals surface area contributed by atoms with Gasteiger partial charge in [0.2, 0.25) is 0 Å². The van der Waals surface area contributed by atoms with Gasteiger partial charge in [0.1, 0.15) is 17.4 Å². The summed E-state index contributed by atoms with van der Waals surface area (Å²) in [4.78, 5) is 0. The highest BCUT2D eigenvalue weighted by Crippen LogP contribution is 2.38. The van der Waals surface area contributed by atoms with Gasteiger partial charge in [0, 0.05) is 23.7 Å². The first-order valence-electron chi connectivity index (χ1n) is 5.42. The van der Waals surface area contributed by atoms with Crippen molar-refractivity contribution in [3.8, 4) is 5.75 Å². The monoisotopic (exact) mass is 263 g/mol. The largest absolute Gasteiger partial charge is 0.497 e. The van der Waals surface area contributed by atoms with E-state index >= 15 is 0 Å². The molecule has 0 bridgehead atoms. The second kappa shape index (κ2) is 5.65. The second-order valence-electron chi connectivity index (χ2n) is 4.22. The Morgan fingerprint density at radius 1 is 1.29 bits per heavy atom. The van der Waals surface area contributed by atoms with Gasteiger partial charge in [0.15, 0.2) is 0 Å². The third-order valence-electron chi connectivity index (χ3n) is 3.28. The van der Waals surface area contributed by atoms with Crippen LogP contribution in [-0.2, 0) is 0 Å². The number of nitrogens with two attached hydrogens (primary N) is 1. The van der Waals surface area contributed by atoms with Crippen LogP contribution in [0, 0.1) is 17.6 Å². The number of halogens is 3. The van der Waals surface area contributed by atoms with Crippen molar-refractivity contribution in [3.05, 3.63) is 29.3 Å². The molecule has 0 aliphatic heterocycles. The quantitative estimate of drug-likeness (QED) is 0.909. The summed E-state index contributed by atoms with van der Waals surface area (Å²) in [5, 5.41) is 0. The lowest BCUT2D eigenvalue weighted by Gasteiger charge is -2.31. The summed E-state index contributed by atoms with van der Waals surface area (Å²) in [6, 6.07) is 1.81. The Hall–Kier alpha value is -0.870. The smallest absolute Gasteiger partial charge is 0.134 e. The lowest BCUT2D eigenvalue weighted by atomic mass is 9.77. The fourth-order valence-electron chi connectivity index (χ4n) is 2.03. The third kappa shape index (κ3) is 2.69. The predicted octanol–water partition coefficient (Wildman–Crippen LogP) is 3.20. The van der Waals surface area contributed by atoms with Crippen LogP contribution in [0.3, 0.4) is 0 Å². The highest BCUT2D eigenvalue weighted by Gasteiger charge is 2.29. The summed E-state index contributed by atoms with van der Waals surface area (Å²) in [5.41, 5.74) is 5.86. The van der Waals surface area contributed by atoms with E-state index in [0.29, 0.717) is 0 Å². The molecule has 0 spiro atoms. The summed E-state index contributed by atoms with van der Waals surface area (Å²) in [6.45, 7) is 0. The number of methoxy groups -OCH3 is 1. The lowest BCUT2D eigenvalue weighted by Crippen LogP contribution is -2.28. The van der Waals surface area contributed by atoms with Gasteiger partial charge in [-0.15, -0.1) is 12.4 Å². The van der Waals surface area contributed by atoms with E-state index in [1.54, 1.807) is 0 Å². The first-order valence-corrected chi connectivity index (χ1v) is 5.42. The van der Waals surface area contributed by atoms with Crippen LogP contribution in [-0.4, -0.2) is 7.11 Å². The summed E-state index contributed by atoms with van der Waals surface area (Å²) in [7, 11) is 1.37.